The van der Waals surface area contributed by atoms with E-state index in [0.717, 1.165) is 18.5 Å². The summed E-state index contributed by atoms with van der Waals surface area (Å²) in [5, 5.41) is 7.32. The van der Waals surface area contributed by atoms with E-state index in [4.69, 9.17) is 0 Å². The number of rotatable bonds is 2. The minimum absolute atomic E-state index is 0. The predicted octanol–water partition coefficient (Wildman–Crippen LogP) is 2.62. The SMILES string of the molecule is C=CCN1CCC[C@@H]2Cc3[nH]ncc3CC21.Cl.Cl. The molecule has 5 heteroatoms. The van der Waals surface area contributed by atoms with Crippen LogP contribution in [0.25, 0.3) is 0 Å². The second-order valence-electron chi connectivity index (χ2n) is 5.04. The molecule has 1 aliphatic carbocycles. The zero-order chi connectivity index (χ0) is 11.0. The third-order valence-corrected chi connectivity index (χ3v) is 4.10. The lowest BCUT2D eigenvalue weighted by Gasteiger charge is -2.43. The molecule has 0 radical (unpaired) electrons. The third kappa shape index (κ3) is 2.73. The predicted molar refractivity (Wildman–Crippen MR) is 78.8 cm³/mol. The van der Waals surface area contributed by atoms with Crippen molar-refractivity contribution >= 4 is 24.8 Å². The molecule has 0 aromatic carbocycles. The summed E-state index contributed by atoms with van der Waals surface area (Å²) in [5.41, 5.74) is 2.80. The van der Waals surface area contributed by atoms with Crippen molar-refractivity contribution in [3.8, 4) is 0 Å². The van der Waals surface area contributed by atoms with Gasteiger partial charge in [0.25, 0.3) is 0 Å². The second kappa shape index (κ2) is 6.60. The molecule has 0 spiro atoms. The van der Waals surface area contributed by atoms with Crippen molar-refractivity contribution in [1.82, 2.24) is 15.1 Å². The van der Waals surface area contributed by atoms with Crippen LogP contribution in [0.4, 0.5) is 0 Å². The lowest BCUT2D eigenvalue weighted by atomic mass is 9.78. The molecule has 1 aliphatic heterocycles. The van der Waals surface area contributed by atoms with Crippen LogP contribution in [-0.2, 0) is 12.8 Å². The molecule has 1 saturated heterocycles. The van der Waals surface area contributed by atoms with Crippen LogP contribution in [0.1, 0.15) is 24.1 Å². The number of piperidine rings is 1. The number of likely N-dealkylation sites (tertiary alicyclic amines) is 1. The fourth-order valence-electron chi connectivity index (χ4n) is 3.32. The van der Waals surface area contributed by atoms with Crippen LogP contribution in [0.5, 0.6) is 0 Å². The molecule has 0 bridgehead atoms. The summed E-state index contributed by atoms with van der Waals surface area (Å²) in [6.45, 7) is 6.14. The maximum absolute atomic E-state index is 4.17. The summed E-state index contributed by atoms with van der Waals surface area (Å²) in [6, 6.07) is 0.719. The van der Waals surface area contributed by atoms with Gasteiger partial charge in [-0.15, -0.1) is 31.4 Å². The number of aromatic nitrogens is 2. The van der Waals surface area contributed by atoms with Gasteiger partial charge in [-0.1, -0.05) is 6.08 Å². The van der Waals surface area contributed by atoms with Gasteiger partial charge >= 0.3 is 0 Å². The number of nitrogens with zero attached hydrogens (tertiary/aromatic N) is 2. The largest absolute Gasteiger partial charge is 0.296 e. The van der Waals surface area contributed by atoms with Gasteiger partial charge in [0.2, 0.25) is 0 Å². The summed E-state index contributed by atoms with van der Waals surface area (Å²) in [7, 11) is 0. The lowest BCUT2D eigenvalue weighted by molar-refractivity contribution is 0.0968. The van der Waals surface area contributed by atoms with Crippen LogP contribution < -0.4 is 0 Å². The number of fused-ring (bicyclic) bond motifs is 2. The molecule has 1 fully saturated rings. The van der Waals surface area contributed by atoms with Crippen molar-refractivity contribution in [2.24, 2.45) is 5.92 Å². The van der Waals surface area contributed by atoms with Crippen LogP contribution in [0.2, 0.25) is 0 Å². The van der Waals surface area contributed by atoms with E-state index in [0.29, 0.717) is 0 Å². The molecular weight excluding hydrogens is 269 g/mol. The second-order valence-corrected chi connectivity index (χ2v) is 5.04. The monoisotopic (exact) mass is 289 g/mol. The Bertz CT molecular complexity index is 391. The van der Waals surface area contributed by atoms with Crippen LogP contribution in [0.15, 0.2) is 18.9 Å². The zero-order valence-corrected chi connectivity index (χ0v) is 12.1. The first-order valence-electron chi connectivity index (χ1n) is 6.24. The highest BCUT2D eigenvalue weighted by Crippen LogP contribution is 2.33. The van der Waals surface area contributed by atoms with E-state index in [1.165, 1.54) is 43.5 Å². The molecule has 1 aromatic rings. The average Bonchev–Trinajstić information content (AvgIpc) is 2.74. The molecule has 1 unspecified atom stereocenters. The van der Waals surface area contributed by atoms with E-state index in [1.54, 1.807) is 0 Å². The first-order chi connectivity index (χ1) is 7.88. The summed E-state index contributed by atoms with van der Waals surface area (Å²) in [4.78, 5) is 2.59. The van der Waals surface area contributed by atoms with Gasteiger partial charge in [0.15, 0.2) is 0 Å². The molecule has 0 saturated carbocycles. The molecule has 3 rings (SSSR count). The van der Waals surface area contributed by atoms with Crippen molar-refractivity contribution < 1.29 is 0 Å². The quantitative estimate of drug-likeness (QED) is 0.849. The topological polar surface area (TPSA) is 31.9 Å². The Morgan fingerprint density at radius 2 is 2.28 bits per heavy atom. The van der Waals surface area contributed by atoms with E-state index >= 15 is 0 Å². The van der Waals surface area contributed by atoms with Gasteiger partial charge in [-0.25, -0.2) is 0 Å². The summed E-state index contributed by atoms with van der Waals surface area (Å²) < 4.78 is 0. The molecular formula is C13H21Cl2N3. The Morgan fingerprint density at radius 3 is 3.06 bits per heavy atom. The highest BCUT2D eigenvalue weighted by atomic mass is 35.5. The maximum Gasteiger partial charge on any atom is 0.0522 e. The Morgan fingerprint density at radius 1 is 1.44 bits per heavy atom. The van der Waals surface area contributed by atoms with Crippen molar-refractivity contribution in [2.45, 2.75) is 31.7 Å². The Balaban J connectivity index is 0.000000810. The first-order valence-corrected chi connectivity index (χ1v) is 6.24. The summed E-state index contributed by atoms with van der Waals surface area (Å²) in [6.07, 6.45) is 9.10. The number of hydrogen-bond acceptors (Lipinski definition) is 2. The minimum atomic E-state index is 0. The van der Waals surface area contributed by atoms with Gasteiger partial charge in [-0.05, 0) is 43.7 Å². The molecule has 0 amide bonds. The molecule has 1 aromatic heterocycles. The Kier molecular flexibility index (Phi) is 5.70. The van der Waals surface area contributed by atoms with Crippen molar-refractivity contribution in [3.05, 3.63) is 30.1 Å². The van der Waals surface area contributed by atoms with Gasteiger partial charge in [0, 0.05) is 18.3 Å². The molecule has 2 heterocycles. The summed E-state index contributed by atoms with van der Waals surface area (Å²) >= 11 is 0. The van der Waals surface area contributed by atoms with E-state index in [1.807, 2.05) is 12.3 Å². The van der Waals surface area contributed by atoms with Gasteiger partial charge < -0.3 is 0 Å². The van der Waals surface area contributed by atoms with E-state index in [-0.39, 0.29) is 24.8 Å². The smallest absolute Gasteiger partial charge is 0.0522 e. The highest BCUT2D eigenvalue weighted by Gasteiger charge is 2.35. The van der Waals surface area contributed by atoms with Gasteiger partial charge in [0.1, 0.15) is 0 Å². The van der Waals surface area contributed by atoms with Gasteiger partial charge in [-0.3, -0.25) is 10.00 Å². The number of nitrogens with one attached hydrogen (secondary N) is 1. The first kappa shape index (κ1) is 15.5. The number of aromatic amines is 1. The van der Waals surface area contributed by atoms with Crippen LogP contribution in [0.3, 0.4) is 0 Å². The molecule has 102 valence electrons. The minimum Gasteiger partial charge on any atom is -0.296 e. The molecule has 18 heavy (non-hydrogen) atoms. The van der Waals surface area contributed by atoms with Crippen molar-refractivity contribution in [2.75, 3.05) is 13.1 Å². The number of halogens is 2. The normalized spacial score (nSPS) is 26.2. The Labute approximate surface area is 121 Å². The van der Waals surface area contributed by atoms with Gasteiger partial charge in [0.05, 0.1) is 6.20 Å². The molecule has 3 nitrogen and oxygen atoms in total. The van der Waals surface area contributed by atoms with E-state index in [9.17, 15) is 0 Å². The fourth-order valence-corrected chi connectivity index (χ4v) is 3.32. The number of H-pyrrole nitrogens is 1. The fraction of sp³-hybridized carbons (Fsp3) is 0.615. The van der Waals surface area contributed by atoms with Crippen LogP contribution >= 0.6 is 24.8 Å². The Hall–Kier alpha value is -0.510. The van der Waals surface area contributed by atoms with Gasteiger partial charge in [-0.2, -0.15) is 5.10 Å². The van der Waals surface area contributed by atoms with E-state index < -0.39 is 0 Å². The van der Waals surface area contributed by atoms with Crippen LogP contribution in [0, 0.1) is 5.92 Å². The standard InChI is InChI=1S/C13H19N3.2ClH/c1-2-5-16-6-3-4-10-7-12-11(8-13(10)16)9-14-15-12;;/h2,9-10,13H,1,3-8H2,(H,14,15);2*1H/t10-,13?;;/m1../s1. The summed E-state index contributed by atoms with van der Waals surface area (Å²) in [5.74, 6) is 0.821. The van der Waals surface area contributed by atoms with Crippen molar-refractivity contribution in [3.63, 3.8) is 0 Å². The molecule has 2 aliphatic rings. The molecule has 1 N–H and O–H groups in total. The molecule has 2 atom stereocenters. The highest BCUT2D eigenvalue weighted by molar-refractivity contribution is 5.85. The van der Waals surface area contributed by atoms with E-state index in [2.05, 4.69) is 21.7 Å². The number of hydrogen-bond donors (Lipinski definition) is 1. The zero-order valence-electron chi connectivity index (χ0n) is 10.5. The van der Waals surface area contributed by atoms with Crippen molar-refractivity contribution in [1.29, 1.82) is 0 Å². The third-order valence-electron chi connectivity index (χ3n) is 4.10. The average molecular weight is 290 g/mol. The maximum atomic E-state index is 4.17. The van der Waals surface area contributed by atoms with Crippen LogP contribution in [-0.4, -0.2) is 34.2 Å². The lowest BCUT2D eigenvalue weighted by Crippen LogP contribution is -2.49.